The van der Waals surface area contributed by atoms with Gasteiger partial charge in [0.25, 0.3) is 11.1 Å². The molecule has 0 saturated heterocycles. The first-order valence-corrected chi connectivity index (χ1v) is 11.2. The molecule has 0 radical (unpaired) electrons. The Kier molecular flexibility index (Phi) is 4.49. The largest absolute Gasteiger partial charge is 0.456 e. The van der Waals surface area contributed by atoms with Gasteiger partial charge in [0.05, 0.1) is 5.39 Å². The smallest absolute Gasteiger partial charge is 0.259 e. The summed E-state index contributed by atoms with van der Waals surface area (Å²) in [5.41, 5.74) is 4.60. The van der Waals surface area contributed by atoms with Crippen LogP contribution in [0.2, 0.25) is 0 Å². The minimum atomic E-state index is -0.416. The predicted molar refractivity (Wildman–Crippen MR) is 126 cm³/mol. The van der Waals surface area contributed by atoms with Gasteiger partial charge in [-0.2, -0.15) is 0 Å². The van der Waals surface area contributed by atoms with Crippen molar-refractivity contribution >= 4 is 21.4 Å². The van der Waals surface area contributed by atoms with Crippen LogP contribution >= 0.6 is 11.3 Å². The van der Waals surface area contributed by atoms with Gasteiger partial charge in [0.1, 0.15) is 11.5 Å². The zero-order chi connectivity index (χ0) is 21.8. The molecule has 31 heavy (non-hydrogen) atoms. The third kappa shape index (κ3) is 3.15. The minimum absolute atomic E-state index is 0.00630. The van der Waals surface area contributed by atoms with Gasteiger partial charge in [0, 0.05) is 47.5 Å². The van der Waals surface area contributed by atoms with Crippen molar-refractivity contribution < 1.29 is 4.74 Å². The average molecular weight is 427 g/mol. The molecule has 0 spiro atoms. The van der Waals surface area contributed by atoms with Gasteiger partial charge in [0.2, 0.25) is 0 Å². The van der Waals surface area contributed by atoms with E-state index in [0.29, 0.717) is 5.39 Å². The highest BCUT2D eigenvalue weighted by atomic mass is 32.1. The van der Waals surface area contributed by atoms with E-state index in [0.717, 1.165) is 56.9 Å². The summed E-state index contributed by atoms with van der Waals surface area (Å²) in [6, 6.07) is 14.1. The number of pyridine rings is 1. The van der Waals surface area contributed by atoms with Gasteiger partial charge in [0.15, 0.2) is 0 Å². The van der Waals surface area contributed by atoms with E-state index in [9.17, 15) is 4.79 Å². The summed E-state index contributed by atoms with van der Waals surface area (Å²) in [5.74, 6) is 1.57. The second kappa shape index (κ2) is 7.11. The van der Waals surface area contributed by atoms with Crippen LogP contribution in [0, 0.1) is 20.4 Å². The zero-order valence-electron chi connectivity index (χ0n) is 17.7. The minimum Gasteiger partial charge on any atom is -0.456 e. The molecule has 0 bridgehead atoms. The summed E-state index contributed by atoms with van der Waals surface area (Å²) in [6.45, 7) is 11.8. The highest BCUT2D eigenvalue weighted by Crippen LogP contribution is 2.51. The van der Waals surface area contributed by atoms with Gasteiger partial charge >= 0.3 is 0 Å². The third-order valence-corrected chi connectivity index (χ3v) is 7.10. The van der Waals surface area contributed by atoms with Crippen molar-refractivity contribution in [3.63, 3.8) is 0 Å². The van der Waals surface area contributed by atoms with Crippen LogP contribution < -0.4 is 10.3 Å². The summed E-state index contributed by atoms with van der Waals surface area (Å²) in [4.78, 5) is 16.5. The number of rotatable bonds is 4. The number of thiophene rings is 1. The standard InChI is InChI=1S/C26H22N2O2S/c1-16-6-5-7-17(2)23(16)30-22-9-8-18(26(27-3)11-12-26)14-20(22)21-15-28(4)25(29)19-10-13-31-24(19)21/h5-10,13-15H,11-12H2,1-2,4H3. The van der Waals surface area contributed by atoms with Crippen molar-refractivity contribution in [2.24, 2.45) is 7.05 Å². The van der Waals surface area contributed by atoms with Gasteiger partial charge in [-0.1, -0.05) is 18.2 Å². The lowest BCUT2D eigenvalue weighted by molar-refractivity contribution is 0.476. The quantitative estimate of drug-likeness (QED) is 0.345. The van der Waals surface area contributed by atoms with E-state index in [-0.39, 0.29) is 5.56 Å². The topological polar surface area (TPSA) is 35.6 Å². The Morgan fingerprint density at radius 3 is 2.52 bits per heavy atom. The lowest BCUT2D eigenvalue weighted by atomic mass is 9.97. The van der Waals surface area contributed by atoms with E-state index in [1.165, 1.54) is 0 Å². The number of aromatic nitrogens is 1. The summed E-state index contributed by atoms with van der Waals surface area (Å²) in [6.07, 6.45) is 3.65. The molecule has 0 aliphatic heterocycles. The van der Waals surface area contributed by atoms with Crippen molar-refractivity contribution in [3.8, 4) is 22.6 Å². The van der Waals surface area contributed by atoms with Crippen LogP contribution in [-0.2, 0) is 12.6 Å². The fourth-order valence-electron chi connectivity index (χ4n) is 4.15. The average Bonchev–Trinajstić information content (AvgIpc) is 3.41. The van der Waals surface area contributed by atoms with Gasteiger partial charge in [-0.05, 0) is 54.6 Å². The van der Waals surface area contributed by atoms with E-state index in [1.807, 2.05) is 61.8 Å². The lowest BCUT2D eigenvalue weighted by Gasteiger charge is -2.17. The van der Waals surface area contributed by atoms with E-state index in [1.54, 1.807) is 23.0 Å². The Bertz CT molecular complexity index is 1410. The van der Waals surface area contributed by atoms with Crippen LogP contribution in [0.4, 0.5) is 0 Å². The second-order valence-electron chi connectivity index (χ2n) is 8.30. The molecule has 4 nitrogen and oxygen atoms in total. The summed E-state index contributed by atoms with van der Waals surface area (Å²) >= 11 is 1.56. The molecule has 154 valence electrons. The first-order chi connectivity index (χ1) is 14.9. The number of aryl methyl sites for hydroxylation is 3. The SMILES string of the molecule is [C-]#[N+]C1(c2ccc(Oc3c(C)cccc3C)c(-c3cn(C)c(=O)c4ccsc34)c2)CC1. The first kappa shape index (κ1) is 19.6. The number of fused-ring (bicyclic) bond motifs is 1. The van der Waals surface area contributed by atoms with E-state index < -0.39 is 5.54 Å². The van der Waals surface area contributed by atoms with Crippen molar-refractivity contribution in [3.05, 3.63) is 92.5 Å². The summed E-state index contributed by atoms with van der Waals surface area (Å²) < 4.78 is 9.05. The molecule has 2 aromatic carbocycles. The number of hydrogen-bond donors (Lipinski definition) is 0. The Morgan fingerprint density at radius 1 is 1.10 bits per heavy atom. The maximum atomic E-state index is 12.6. The summed E-state index contributed by atoms with van der Waals surface area (Å²) in [5, 5.41) is 2.66. The van der Waals surface area contributed by atoms with Crippen molar-refractivity contribution in [2.75, 3.05) is 0 Å². The Morgan fingerprint density at radius 2 is 1.84 bits per heavy atom. The second-order valence-corrected chi connectivity index (χ2v) is 9.22. The first-order valence-electron chi connectivity index (χ1n) is 10.3. The Hall–Kier alpha value is -3.36. The normalized spacial score (nSPS) is 14.4. The fraction of sp³-hybridized carbons (Fsp3) is 0.231. The van der Waals surface area contributed by atoms with Crippen LogP contribution in [0.25, 0.3) is 26.1 Å². The number of nitrogens with zero attached hydrogens (tertiary/aromatic N) is 2. The Balaban J connectivity index is 1.76. The van der Waals surface area contributed by atoms with Crippen LogP contribution in [0.15, 0.2) is 58.8 Å². The van der Waals surface area contributed by atoms with Crippen molar-refractivity contribution in [1.29, 1.82) is 0 Å². The molecule has 4 aromatic rings. The number of ether oxygens (including phenoxy) is 1. The molecule has 2 heterocycles. The molecule has 5 rings (SSSR count). The number of benzene rings is 2. The monoisotopic (exact) mass is 426 g/mol. The number of para-hydroxylation sites is 1. The van der Waals surface area contributed by atoms with Crippen LogP contribution in [-0.4, -0.2) is 4.57 Å². The molecular formula is C26H22N2O2S. The van der Waals surface area contributed by atoms with Crippen LogP contribution in [0.1, 0.15) is 29.5 Å². The molecule has 0 amide bonds. The molecule has 1 aliphatic carbocycles. The molecule has 0 N–H and O–H groups in total. The lowest BCUT2D eigenvalue weighted by Crippen LogP contribution is -2.15. The van der Waals surface area contributed by atoms with Crippen molar-refractivity contribution in [2.45, 2.75) is 32.2 Å². The molecule has 0 unspecified atom stereocenters. The summed E-state index contributed by atoms with van der Waals surface area (Å²) in [7, 11) is 1.78. The molecule has 1 fully saturated rings. The van der Waals surface area contributed by atoms with E-state index in [2.05, 4.69) is 10.9 Å². The van der Waals surface area contributed by atoms with Gasteiger partial charge < -0.3 is 14.1 Å². The maximum Gasteiger partial charge on any atom is 0.259 e. The van der Waals surface area contributed by atoms with Gasteiger partial charge in [-0.15, -0.1) is 11.3 Å². The highest BCUT2D eigenvalue weighted by molar-refractivity contribution is 7.17. The molecule has 2 aromatic heterocycles. The van der Waals surface area contributed by atoms with E-state index >= 15 is 0 Å². The third-order valence-electron chi connectivity index (χ3n) is 6.15. The molecule has 5 heteroatoms. The van der Waals surface area contributed by atoms with E-state index in [4.69, 9.17) is 11.3 Å². The number of hydrogen-bond acceptors (Lipinski definition) is 3. The fourth-order valence-corrected chi connectivity index (χ4v) is 5.06. The predicted octanol–water partition coefficient (Wildman–Crippen LogP) is 6.58. The molecule has 0 atom stereocenters. The molecular weight excluding hydrogens is 404 g/mol. The highest BCUT2D eigenvalue weighted by Gasteiger charge is 2.52. The van der Waals surface area contributed by atoms with Crippen molar-refractivity contribution in [1.82, 2.24) is 4.57 Å². The molecule has 1 saturated carbocycles. The Labute approximate surface area is 185 Å². The van der Waals surface area contributed by atoms with Crippen LogP contribution in [0.5, 0.6) is 11.5 Å². The van der Waals surface area contributed by atoms with Gasteiger partial charge in [-0.3, -0.25) is 4.79 Å². The maximum absolute atomic E-state index is 12.6. The zero-order valence-corrected chi connectivity index (χ0v) is 18.5. The van der Waals surface area contributed by atoms with Gasteiger partial charge in [-0.25, -0.2) is 6.57 Å². The van der Waals surface area contributed by atoms with Crippen LogP contribution in [0.3, 0.4) is 0 Å². The molecule has 1 aliphatic rings.